The van der Waals surface area contributed by atoms with Crippen molar-refractivity contribution in [2.75, 3.05) is 26.2 Å². The zero-order valence-electron chi connectivity index (χ0n) is 14.4. The van der Waals surface area contributed by atoms with E-state index in [0.29, 0.717) is 6.04 Å². The van der Waals surface area contributed by atoms with Gasteiger partial charge in [0.25, 0.3) is 0 Å². The van der Waals surface area contributed by atoms with Crippen LogP contribution in [0.15, 0.2) is 0 Å². The van der Waals surface area contributed by atoms with Crippen molar-refractivity contribution in [3.63, 3.8) is 0 Å². The van der Waals surface area contributed by atoms with E-state index in [0.717, 1.165) is 39.0 Å². The first kappa shape index (κ1) is 18.2. The summed E-state index contributed by atoms with van der Waals surface area (Å²) in [7, 11) is 0. The summed E-state index contributed by atoms with van der Waals surface area (Å²) in [6, 6.07) is 0.807. The molecule has 124 valence electrons. The van der Waals surface area contributed by atoms with Crippen LogP contribution >= 0.6 is 0 Å². The Morgan fingerprint density at radius 1 is 1.19 bits per heavy atom. The van der Waals surface area contributed by atoms with Crippen LogP contribution in [0, 0.1) is 0 Å². The van der Waals surface area contributed by atoms with Crippen molar-refractivity contribution in [3.8, 4) is 0 Å². The summed E-state index contributed by atoms with van der Waals surface area (Å²) in [6.45, 7) is 14.5. The average Bonchev–Trinajstić information content (AvgIpc) is 2.33. The molecule has 1 aliphatic carbocycles. The van der Waals surface area contributed by atoms with Crippen molar-refractivity contribution < 1.29 is 9.53 Å². The second-order valence-corrected chi connectivity index (χ2v) is 6.85. The number of carbonyl (C=O) groups excluding carboxylic acids is 1. The minimum absolute atomic E-state index is 0.264. The number of amides is 1. The number of nitrogens with one attached hydrogen (secondary N) is 2. The maximum absolute atomic E-state index is 11.6. The van der Waals surface area contributed by atoms with Crippen LogP contribution in [0.2, 0.25) is 0 Å². The van der Waals surface area contributed by atoms with E-state index in [2.05, 4.69) is 29.4 Å². The highest BCUT2D eigenvalue weighted by Crippen LogP contribution is 2.20. The zero-order chi connectivity index (χ0) is 15.9. The van der Waals surface area contributed by atoms with Crippen molar-refractivity contribution in [1.29, 1.82) is 0 Å². The molecule has 0 atom stereocenters. The molecule has 1 rings (SSSR count). The Morgan fingerprint density at radius 3 is 2.33 bits per heavy atom. The normalized spacial score (nSPS) is 22.0. The fourth-order valence-electron chi connectivity index (χ4n) is 2.53. The van der Waals surface area contributed by atoms with Gasteiger partial charge in [0.1, 0.15) is 5.60 Å². The van der Waals surface area contributed by atoms with Crippen molar-refractivity contribution in [3.05, 3.63) is 0 Å². The molecule has 0 aromatic rings. The molecule has 5 nitrogen and oxygen atoms in total. The van der Waals surface area contributed by atoms with Crippen LogP contribution in [0.5, 0.6) is 0 Å². The van der Waals surface area contributed by atoms with Gasteiger partial charge in [0.15, 0.2) is 0 Å². The molecule has 1 fully saturated rings. The Kier molecular flexibility index (Phi) is 7.46. The van der Waals surface area contributed by atoms with Crippen LogP contribution in [0.25, 0.3) is 0 Å². The molecule has 0 saturated heterocycles. The molecule has 5 heteroatoms. The van der Waals surface area contributed by atoms with E-state index in [-0.39, 0.29) is 12.1 Å². The van der Waals surface area contributed by atoms with E-state index >= 15 is 0 Å². The Labute approximate surface area is 129 Å². The highest BCUT2D eigenvalue weighted by atomic mass is 16.6. The molecule has 0 unspecified atom stereocenters. The monoisotopic (exact) mass is 299 g/mol. The Bertz CT molecular complexity index is 305. The SMILES string of the molecule is CCN(CC)CCCNC1CC(NC(=O)OC(C)(C)C)C1. The van der Waals surface area contributed by atoms with E-state index in [4.69, 9.17) is 4.74 Å². The lowest BCUT2D eigenvalue weighted by Crippen LogP contribution is -2.53. The number of rotatable bonds is 8. The summed E-state index contributed by atoms with van der Waals surface area (Å²) < 4.78 is 5.25. The predicted octanol–water partition coefficient (Wildman–Crippen LogP) is 2.36. The maximum atomic E-state index is 11.6. The van der Waals surface area contributed by atoms with Crippen LogP contribution in [-0.2, 0) is 4.74 Å². The van der Waals surface area contributed by atoms with Gasteiger partial charge in [0.2, 0.25) is 0 Å². The van der Waals surface area contributed by atoms with Crippen molar-refractivity contribution in [2.24, 2.45) is 0 Å². The van der Waals surface area contributed by atoms with Gasteiger partial charge in [-0.1, -0.05) is 13.8 Å². The molecule has 1 saturated carbocycles. The lowest BCUT2D eigenvalue weighted by atomic mass is 9.87. The Morgan fingerprint density at radius 2 is 1.81 bits per heavy atom. The van der Waals surface area contributed by atoms with Crippen LogP contribution in [0.4, 0.5) is 4.79 Å². The lowest BCUT2D eigenvalue weighted by molar-refractivity contribution is 0.0465. The fraction of sp³-hybridized carbons (Fsp3) is 0.938. The number of ether oxygens (including phenoxy) is 1. The van der Waals surface area contributed by atoms with E-state index in [9.17, 15) is 4.79 Å². The molecular formula is C16H33N3O2. The molecule has 0 heterocycles. The molecule has 1 aliphatic rings. The van der Waals surface area contributed by atoms with Crippen LogP contribution in [-0.4, -0.2) is 54.9 Å². The van der Waals surface area contributed by atoms with Gasteiger partial charge in [-0.2, -0.15) is 0 Å². The van der Waals surface area contributed by atoms with Crippen molar-refractivity contribution >= 4 is 6.09 Å². The third kappa shape index (κ3) is 7.67. The number of nitrogens with zero attached hydrogens (tertiary/aromatic N) is 1. The first-order valence-corrected chi connectivity index (χ1v) is 8.29. The number of carbonyl (C=O) groups is 1. The molecule has 21 heavy (non-hydrogen) atoms. The maximum Gasteiger partial charge on any atom is 0.407 e. The largest absolute Gasteiger partial charge is 0.444 e. The second-order valence-electron chi connectivity index (χ2n) is 6.85. The quantitative estimate of drug-likeness (QED) is 0.676. The summed E-state index contributed by atoms with van der Waals surface area (Å²) in [5, 5.41) is 6.48. The molecule has 0 aromatic carbocycles. The Hall–Kier alpha value is -0.810. The van der Waals surface area contributed by atoms with Gasteiger partial charge in [-0.3, -0.25) is 0 Å². The molecule has 0 bridgehead atoms. The van der Waals surface area contributed by atoms with Crippen molar-refractivity contribution in [1.82, 2.24) is 15.5 Å². The smallest absolute Gasteiger partial charge is 0.407 e. The first-order valence-electron chi connectivity index (χ1n) is 8.29. The summed E-state index contributed by atoms with van der Waals surface area (Å²) in [5.41, 5.74) is -0.421. The highest BCUT2D eigenvalue weighted by Gasteiger charge is 2.31. The molecular weight excluding hydrogens is 266 g/mol. The molecule has 0 spiro atoms. The van der Waals surface area contributed by atoms with Crippen LogP contribution in [0.3, 0.4) is 0 Å². The third-order valence-electron chi connectivity index (χ3n) is 3.84. The van der Waals surface area contributed by atoms with Gasteiger partial charge in [-0.25, -0.2) is 4.79 Å². The molecule has 0 radical (unpaired) electrons. The average molecular weight is 299 g/mol. The minimum Gasteiger partial charge on any atom is -0.444 e. The molecule has 0 aromatic heterocycles. The van der Waals surface area contributed by atoms with E-state index in [1.807, 2.05) is 20.8 Å². The summed E-state index contributed by atoms with van der Waals surface area (Å²) >= 11 is 0. The second kappa shape index (κ2) is 8.59. The van der Waals surface area contributed by atoms with Gasteiger partial charge >= 0.3 is 6.09 Å². The summed E-state index contributed by atoms with van der Waals surface area (Å²) in [6.07, 6.45) is 2.89. The van der Waals surface area contributed by atoms with E-state index in [1.165, 1.54) is 6.42 Å². The minimum atomic E-state index is -0.421. The number of hydrogen-bond donors (Lipinski definition) is 2. The zero-order valence-corrected chi connectivity index (χ0v) is 14.4. The topological polar surface area (TPSA) is 53.6 Å². The van der Waals surface area contributed by atoms with E-state index < -0.39 is 5.60 Å². The number of hydrogen-bond acceptors (Lipinski definition) is 4. The van der Waals surface area contributed by atoms with E-state index in [1.54, 1.807) is 0 Å². The fourth-order valence-corrected chi connectivity index (χ4v) is 2.53. The summed E-state index contributed by atoms with van der Waals surface area (Å²) in [5.74, 6) is 0. The highest BCUT2D eigenvalue weighted by molar-refractivity contribution is 5.68. The van der Waals surface area contributed by atoms with Gasteiger partial charge < -0.3 is 20.3 Å². The standard InChI is InChI=1S/C16H33N3O2/c1-6-19(7-2)10-8-9-17-13-11-14(12-13)18-15(20)21-16(3,4)5/h13-14,17H,6-12H2,1-5H3,(H,18,20). The van der Waals surface area contributed by atoms with Crippen molar-refractivity contribution in [2.45, 2.75) is 71.6 Å². The predicted molar refractivity (Wildman–Crippen MR) is 86.6 cm³/mol. The first-order chi connectivity index (χ1) is 9.84. The third-order valence-corrected chi connectivity index (χ3v) is 3.84. The van der Waals surface area contributed by atoms with Gasteiger partial charge in [-0.15, -0.1) is 0 Å². The molecule has 0 aliphatic heterocycles. The van der Waals surface area contributed by atoms with Gasteiger partial charge in [-0.05, 0) is 66.2 Å². The number of alkyl carbamates (subject to hydrolysis) is 1. The van der Waals surface area contributed by atoms with Gasteiger partial charge in [0.05, 0.1) is 0 Å². The molecule has 1 amide bonds. The van der Waals surface area contributed by atoms with Gasteiger partial charge in [0, 0.05) is 12.1 Å². The summed E-state index contributed by atoms with van der Waals surface area (Å²) in [4.78, 5) is 14.1. The van der Waals surface area contributed by atoms with Crippen LogP contribution in [0.1, 0.15) is 53.9 Å². The molecule has 2 N–H and O–H groups in total. The van der Waals surface area contributed by atoms with Crippen LogP contribution < -0.4 is 10.6 Å². The Balaban J connectivity index is 2.02. The lowest BCUT2D eigenvalue weighted by Gasteiger charge is -2.37.